The number of likely N-dealkylation sites (N-methyl/N-ethyl adjacent to an activating group) is 1. The maximum Gasteiger partial charge on any atom is 0.417 e. The number of nitrogens with zero attached hydrogens (tertiary/aromatic N) is 5. The first-order chi connectivity index (χ1) is 12.3. The van der Waals surface area contributed by atoms with E-state index < -0.39 is 11.7 Å². The molecule has 0 aromatic carbocycles. The molecule has 1 aliphatic heterocycles. The molecular weight excluding hydrogens is 343 g/mol. The smallest absolute Gasteiger partial charge is 0.357 e. The third-order valence-corrected chi connectivity index (χ3v) is 4.80. The molecule has 0 radical (unpaired) electrons. The highest BCUT2D eigenvalue weighted by Gasteiger charge is 2.31. The van der Waals surface area contributed by atoms with Gasteiger partial charge in [0.1, 0.15) is 11.6 Å². The number of hydrogen-bond donors (Lipinski definition) is 0. The summed E-state index contributed by atoms with van der Waals surface area (Å²) in [5, 5.41) is 0. The van der Waals surface area contributed by atoms with Crippen molar-refractivity contribution >= 4 is 5.82 Å². The first kappa shape index (κ1) is 18.7. The van der Waals surface area contributed by atoms with E-state index in [1.807, 2.05) is 31.4 Å². The van der Waals surface area contributed by atoms with E-state index in [1.165, 1.54) is 6.07 Å². The summed E-state index contributed by atoms with van der Waals surface area (Å²) < 4.78 is 40.2. The van der Waals surface area contributed by atoms with Crippen LogP contribution in [0.2, 0.25) is 0 Å². The first-order valence-corrected chi connectivity index (χ1v) is 8.78. The van der Waals surface area contributed by atoms with Gasteiger partial charge >= 0.3 is 6.18 Å². The largest absolute Gasteiger partial charge is 0.417 e. The molecule has 0 aliphatic carbocycles. The van der Waals surface area contributed by atoms with Gasteiger partial charge in [-0.25, -0.2) is 9.97 Å². The van der Waals surface area contributed by atoms with Crippen LogP contribution in [-0.2, 0) is 12.7 Å². The van der Waals surface area contributed by atoms with E-state index in [-0.39, 0.29) is 0 Å². The Morgan fingerprint density at radius 2 is 1.88 bits per heavy atom. The van der Waals surface area contributed by atoms with Gasteiger partial charge in [0.25, 0.3) is 0 Å². The van der Waals surface area contributed by atoms with Crippen LogP contribution in [0.4, 0.5) is 19.0 Å². The van der Waals surface area contributed by atoms with E-state index >= 15 is 0 Å². The summed E-state index contributed by atoms with van der Waals surface area (Å²) in [4.78, 5) is 12.7. The molecule has 5 nitrogen and oxygen atoms in total. The van der Waals surface area contributed by atoms with Crippen LogP contribution >= 0.6 is 0 Å². The topological polar surface area (TPSA) is 37.2 Å². The normalized spacial score (nSPS) is 16.5. The molecule has 0 unspecified atom stereocenters. The van der Waals surface area contributed by atoms with E-state index in [9.17, 15) is 13.2 Å². The lowest BCUT2D eigenvalue weighted by Crippen LogP contribution is -2.34. The summed E-state index contributed by atoms with van der Waals surface area (Å²) in [5.41, 5.74) is -0.709. The highest BCUT2D eigenvalue weighted by Crippen LogP contribution is 2.31. The van der Waals surface area contributed by atoms with E-state index in [2.05, 4.69) is 19.4 Å². The van der Waals surface area contributed by atoms with E-state index in [0.29, 0.717) is 11.7 Å². The molecule has 0 bridgehead atoms. The molecule has 3 heterocycles. The van der Waals surface area contributed by atoms with E-state index in [1.54, 1.807) is 0 Å². The van der Waals surface area contributed by atoms with Gasteiger partial charge in [-0.2, -0.15) is 13.2 Å². The van der Waals surface area contributed by atoms with Crippen molar-refractivity contribution < 1.29 is 13.2 Å². The molecule has 2 aromatic rings. The van der Waals surface area contributed by atoms with Crippen LogP contribution in [0.1, 0.15) is 30.1 Å². The van der Waals surface area contributed by atoms with Gasteiger partial charge in [0.05, 0.1) is 5.56 Å². The van der Waals surface area contributed by atoms with Crippen molar-refractivity contribution in [1.82, 2.24) is 19.4 Å². The van der Waals surface area contributed by atoms with E-state index in [4.69, 9.17) is 0 Å². The molecule has 0 spiro atoms. The molecule has 1 saturated heterocycles. The average Bonchev–Trinajstić information content (AvgIpc) is 3.08. The van der Waals surface area contributed by atoms with E-state index in [0.717, 1.165) is 57.1 Å². The fraction of sp³-hybridized carbons (Fsp3) is 0.556. The number of anilines is 1. The van der Waals surface area contributed by atoms with Crippen LogP contribution in [0.15, 0.2) is 30.7 Å². The minimum absolute atomic E-state index is 0.373. The molecule has 3 rings (SSSR count). The minimum atomic E-state index is -4.35. The van der Waals surface area contributed by atoms with Gasteiger partial charge < -0.3 is 14.4 Å². The predicted octanol–water partition coefficient (Wildman–Crippen LogP) is 3.24. The molecule has 0 amide bonds. The van der Waals surface area contributed by atoms with Crippen LogP contribution in [-0.4, -0.2) is 53.2 Å². The van der Waals surface area contributed by atoms with Gasteiger partial charge in [0, 0.05) is 50.7 Å². The summed E-state index contributed by atoms with van der Waals surface area (Å²) in [5.74, 6) is 2.08. The molecule has 8 heteroatoms. The van der Waals surface area contributed by atoms with Crippen molar-refractivity contribution in [2.75, 3.05) is 38.6 Å². The Kier molecular flexibility index (Phi) is 5.50. The molecule has 0 atom stereocenters. The van der Waals surface area contributed by atoms with Crippen molar-refractivity contribution in [2.24, 2.45) is 0 Å². The van der Waals surface area contributed by atoms with Crippen molar-refractivity contribution in [3.05, 3.63) is 42.1 Å². The summed E-state index contributed by atoms with van der Waals surface area (Å²) in [7, 11) is 4.10. The molecule has 2 aromatic heterocycles. The van der Waals surface area contributed by atoms with Gasteiger partial charge in [0.2, 0.25) is 0 Å². The Labute approximate surface area is 151 Å². The zero-order valence-electron chi connectivity index (χ0n) is 15.1. The second-order valence-corrected chi connectivity index (χ2v) is 6.95. The number of imidazole rings is 1. The van der Waals surface area contributed by atoms with Crippen LogP contribution in [0.3, 0.4) is 0 Å². The quantitative estimate of drug-likeness (QED) is 0.813. The summed E-state index contributed by atoms with van der Waals surface area (Å²) in [6, 6.07) is 2.56. The minimum Gasteiger partial charge on any atom is -0.357 e. The number of alkyl halides is 3. The lowest BCUT2D eigenvalue weighted by Gasteiger charge is -2.33. The van der Waals surface area contributed by atoms with Gasteiger partial charge in [-0.3, -0.25) is 0 Å². The highest BCUT2D eigenvalue weighted by molar-refractivity contribution is 5.40. The van der Waals surface area contributed by atoms with Gasteiger partial charge in [-0.1, -0.05) is 0 Å². The number of rotatable bonds is 5. The fourth-order valence-electron chi connectivity index (χ4n) is 3.29. The number of hydrogen-bond acceptors (Lipinski definition) is 4. The average molecular weight is 367 g/mol. The maximum absolute atomic E-state index is 12.7. The van der Waals surface area contributed by atoms with Gasteiger partial charge in [-0.15, -0.1) is 0 Å². The van der Waals surface area contributed by atoms with Crippen molar-refractivity contribution in [1.29, 1.82) is 0 Å². The number of aromatic nitrogens is 3. The molecule has 1 fully saturated rings. The molecule has 0 saturated carbocycles. The van der Waals surface area contributed by atoms with Gasteiger partial charge in [-0.05, 0) is 39.1 Å². The van der Waals surface area contributed by atoms with Crippen LogP contribution in [0.5, 0.6) is 0 Å². The molecular formula is C18H24F3N5. The molecule has 1 aliphatic rings. The van der Waals surface area contributed by atoms with Crippen LogP contribution in [0.25, 0.3) is 0 Å². The third kappa shape index (κ3) is 4.35. The molecule has 26 heavy (non-hydrogen) atoms. The Morgan fingerprint density at radius 1 is 1.15 bits per heavy atom. The number of halogens is 3. The second-order valence-electron chi connectivity index (χ2n) is 6.95. The summed E-state index contributed by atoms with van der Waals surface area (Å²) >= 11 is 0. The maximum atomic E-state index is 12.7. The first-order valence-electron chi connectivity index (χ1n) is 8.78. The zero-order valence-corrected chi connectivity index (χ0v) is 15.1. The number of piperidine rings is 1. The predicted molar refractivity (Wildman–Crippen MR) is 94.2 cm³/mol. The molecule has 142 valence electrons. The SMILES string of the molecule is CN(C)CCn1ccnc1C1CCN(c2ccc(C(F)(F)F)cn2)CC1. The van der Waals surface area contributed by atoms with Crippen LogP contribution in [0, 0.1) is 0 Å². The lowest BCUT2D eigenvalue weighted by atomic mass is 9.96. The van der Waals surface area contributed by atoms with Gasteiger partial charge in [0.15, 0.2) is 0 Å². The van der Waals surface area contributed by atoms with Crippen LogP contribution < -0.4 is 4.90 Å². The Bertz CT molecular complexity index is 700. The van der Waals surface area contributed by atoms with Crippen molar-refractivity contribution in [2.45, 2.75) is 31.5 Å². The molecule has 0 N–H and O–H groups in total. The van der Waals surface area contributed by atoms with Crippen molar-refractivity contribution in [3.63, 3.8) is 0 Å². The highest BCUT2D eigenvalue weighted by atomic mass is 19.4. The zero-order chi connectivity index (χ0) is 18.7. The van der Waals surface area contributed by atoms with Crippen molar-refractivity contribution in [3.8, 4) is 0 Å². The summed E-state index contributed by atoms with van der Waals surface area (Å²) in [6.07, 6.45) is 2.26. The third-order valence-electron chi connectivity index (χ3n) is 4.80. The number of pyridine rings is 1. The standard InChI is InChI=1S/C18H24F3N5/c1-24(2)11-12-26-10-7-22-17(26)14-5-8-25(9-6-14)16-4-3-15(13-23-16)18(19,20)21/h3-4,7,10,13-14H,5-6,8-9,11-12H2,1-2H3. The Hall–Kier alpha value is -2.09. The monoisotopic (exact) mass is 367 g/mol. The second kappa shape index (κ2) is 7.65. The lowest BCUT2D eigenvalue weighted by molar-refractivity contribution is -0.137. The Morgan fingerprint density at radius 3 is 2.46 bits per heavy atom. The fourth-order valence-corrected chi connectivity index (χ4v) is 3.29. The summed E-state index contributed by atoms with van der Waals surface area (Å²) in [6.45, 7) is 3.40. The Balaban J connectivity index is 1.60.